The van der Waals surface area contributed by atoms with Gasteiger partial charge >= 0.3 is 0 Å². The number of rotatable bonds is 7. The van der Waals surface area contributed by atoms with Gasteiger partial charge < -0.3 is 24.1 Å². The number of Topliss-reactive ketones (excluding diaryl/α,β-unsaturated/α-hetero) is 1. The summed E-state index contributed by atoms with van der Waals surface area (Å²) in [5, 5.41) is 21.4. The first-order valence-corrected chi connectivity index (χ1v) is 10.3. The number of aromatic hydroxyl groups is 1. The van der Waals surface area contributed by atoms with Gasteiger partial charge in [-0.2, -0.15) is 0 Å². The number of methoxy groups -OCH3 is 1. The number of aliphatic hydroxyl groups excluding tert-OH is 1. The van der Waals surface area contributed by atoms with Crippen LogP contribution in [0, 0.1) is 6.92 Å². The molecular formula is C25H23NO7. The second-order valence-electron chi connectivity index (χ2n) is 7.48. The summed E-state index contributed by atoms with van der Waals surface area (Å²) < 4.78 is 16.3. The molecule has 3 aromatic rings. The quantitative estimate of drug-likeness (QED) is 0.512. The normalized spacial score (nSPS) is 15.8. The van der Waals surface area contributed by atoms with E-state index in [2.05, 4.69) is 0 Å². The maximum Gasteiger partial charge on any atom is 0.294 e. The SMILES string of the molecule is CCOc1cc(C2C(C(=O)c3ccco3)=C(O)C(=O)N2c2cc(C)ccc2O)ccc1OC. The van der Waals surface area contributed by atoms with E-state index in [1.807, 2.05) is 6.92 Å². The minimum Gasteiger partial charge on any atom is -0.506 e. The zero-order valence-electron chi connectivity index (χ0n) is 18.4. The smallest absolute Gasteiger partial charge is 0.294 e. The molecule has 33 heavy (non-hydrogen) atoms. The molecule has 1 aliphatic rings. The summed E-state index contributed by atoms with van der Waals surface area (Å²) in [4.78, 5) is 27.7. The number of carbonyl (C=O) groups is 2. The minimum atomic E-state index is -1.05. The number of benzene rings is 2. The van der Waals surface area contributed by atoms with Crippen LogP contribution in [0.3, 0.4) is 0 Å². The van der Waals surface area contributed by atoms with Crippen LogP contribution >= 0.6 is 0 Å². The third-order valence-corrected chi connectivity index (χ3v) is 5.39. The number of hydrogen-bond acceptors (Lipinski definition) is 7. The van der Waals surface area contributed by atoms with Crippen LogP contribution in [0.25, 0.3) is 0 Å². The second kappa shape index (κ2) is 8.74. The van der Waals surface area contributed by atoms with Gasteiger partial charge in [0.15, 0.2) is 23.0 Å². The molecule has 0 spiro atoms. The van der Waals surface area contributed by atoms with Crippen LogP contribution < -0.4 is 14.4 Å². The number of aryl methyl sites for hydroxylation is 1. The van der Waals surface area contributed by atoms with Gasteiger partial charge in [-0.1, -0.05) is 12.1 Å². The predicted molar refractivity (Wildman–Crippen MR) is 120 cm³/mol. The number of aliphatic hydroxyl groups is 1. The first-order chi connectivity index (χ1) is 15.9. The Morgan fingerprint density at radius 2 is 1.91 bits per heavy atom. The van der Waals surface area contributed by atoms with Crippen molar-refractivity contribution in [3.63, 3.8) is 0 Å². The zero-order valence-corrected chi connectivity index (χ0v) is 18.4. The van der Waals surface area contributed by atoms with Crippen molar-refractivity contribution in [2.24, 2.45) is 0 Å². The lowest BCUT2D eigenvalue weighted by atomic mass is 9.94. The van der Waals surface area contributed by atoms with Gasteiger partial charge in [-0.25, -0.2) is 0 Å². The second-order valence-corrected chi connectivity index (χ2v) is 7.48. The molecule has 2 heterocycles. The fourth-order valence-electron chi connectivity index (χ4n) is 3.90. The Morgan fingerprint density at radius 1 is 1.12 bits per heavy atom. The summed E-state index contributed by atoms with van der Waals surface area (Å²) in [6.45, 7) is 3.99. The van der Waals surface area contributed by atoms with E-state index in [0.717, 1.165) is 5.56 Å². The summed E-state index contributed by atoms with van der Waals surface area (Å²) in [5.74, 6) is -1.48. The Kier molecular flexibility index (Phi) is 5.83. The van der Waals surface area contributed by atoms with Crippen LogP contribution in [-0.4, -0.2) is 35.6 Å². The van der Waals surface area contributed by atoms with E-state index in [4.69, 9.17) is 13.9 Å². The molecule has 2 N–H and O–H groups in total. The average molecular weight is 449 g/mol. The first-order valence-electron chi connectivity index (χ1n) is 10.3. The summed E-state index contributed by atoms with van der Waals surface area (Å²) >= 11 is 0. The van der Waals surface area contributed by atoms with E-state index in [9.17, 15) is 19.8 Å². The molecule has 4 rings (SSSR count). The number of furan rings is 1. The molecule has 1 unspecified atom stereocenters. The van der Waals surface area contributed by atoms with Crippen molar-refractivity contribution < 1.29 is 33.7 Å². The van der Waals surface area contributed by atoms with Crippen molar-refractivity contribution in [3.05, 3.63) is 83.0 Å². The molecule has 1 aliphatic heterocycles. The Balaban J connectivity index is 1.93. The summed E-state index contributed by atoms with van der Waals surface area (Å²) in [6, 6.07) is 11.7. The molecular weight excluding hydrogens is 426 g/mol. The highest BCUT2D eigenvalue weighted by Gasteiger charge is 2.46. The monoisotopic (exact) mass is 449 g/mol. The van der Waals surface area contributed by atoms with E-state index in [-0.39, 0.29) is 22.8 Å². The molecule has 0 bridgehead atoms. The summed E-state index contributed by atoms with van der Waals surface area (Å²) in [7, 11) is 1.51. The van der Waals surface area contributed by atoms with Gasteiger partial charge in [0.2, 0.25) is 5.78 Å². The first kappa shape index (κ1) is 22.0. The standard InChI is InChI=1S/C25H23NO7/c1-4-32-20-13-15(8-10-18(20)31-3)22-21(23(28)19-6-5-11-33-19)24(29)25(30)26(22)16-12-14(2)7-9-17(16)27/h5-13,22,27,29H,4H2,1-3H3. The molecule has 0 fully saturated rings. The van der Waals surface area contributed by atoms with Crippen LogP contribution in [-0.2, 0) is 4.79 Å². The van der Waals surface area contributed by atoms with Crippen LogP contribution in [0.4, 0.5) is 5.69 Å². The van der Waals surface area contributed by atoms with Crippen molar-refractivity contribution in [1.82, 2.24) is 0 Å². The maximum absolute atomic E-state index is 13.3. The largest absolute Gasteiger partial charge is 0.506 e. The predicted octanol–water partition coefficient (Wildman–Crippen LogP) is 4.48. The fraction of sp³-hybridized carbons (Fsp3) is 0.200. The Morgan fingerprint density at radius 3 is 2.58 bits per heavy atom. The van der Waals surface area contributed by atoms with E-state index < -0.39 is 23.5 Å². The molecule has 1 aromatic heterocycles. The fourth-order valence-corrected chi connectivity index (χ4v) is 3.90. The number of nitrogens with zero attached hydrogens (tertiary/aromatic N) is 1. The van der Waals surface area contributed by atoms with Gasteiger partial charge in [0.25, 0.3) is 5.91 Å². The van der Waals surface area contributed by atoms with Gasteiger partial charge in [-0.3, -0.25) is 14.5 Å². The van der Waals surface area contributed by atoms with Crippen molar-refractivity contribution >= 4 is 17.4 Å². The van der Waals surface area contributed by atoms with Gasteiger partial charge in [-0.05, 0) is 61.4 Å². The van der Waals surface area contributed by atoms with E-state index in [0.29, 0.717) is 23.7 Å². The Bertz CT molecular complexity index is 1240. The highest BCUT2D eigenvalue weighted by atomic mass is 16.5. The lowest BCUT2D eigenvalue weighted by Gasteiger charge is -2.28. The number of ether oxygens (including phenoxy) is 2. The number of ketones is 1. The molecule has 0 aliphatic carbocycles. The molecule has 170 valence electrons. The molecule has 0 saturated heterocycles. The van der Waals surface area contributed by atoms with E-state index in [1.165, 1.54) is 30.4 Å². The lowest BCUT2D eigenvalue weighted by molar-refractivity contribution is -0.117. The molecule has 8 nitrogen and oxygen atoms in total. The maximum atomic E-state index is 13.3. The lowest BCUT2D eigenvalue weighted by Crippen LogP contribution is -2.31. The number of phenolic OH excluding ortho intramolecular Hbond substituents is 1. The van der Waals surface area contributed by atoms with Crippen molar-refractivity contribution in [3.8, 4) is 17.2 Å². The van der Waals surface area contributed by atoms with Crippen LogP contribution in [0.15, 0.2) is 70.5 Å². The van der Waals surface area contributed by atoms with E-state index in [1.54, 1.807) is 43.3 Å². The minimum absolute atomic E-state index is 0.0248. The van der Waals surface area contributed by atoms with Crippen molar-refractivity contribution in [2.45, 2.75) is 19.9 Å². The number of carbonyl (C=O) groups excluding carboxylic acids is 2. The summed E-state index contributed by atoms with van der Waals surface area (Å²) in [6.07, 6.45) is 1.33. The number of hydrogen-bond donors (Lipinski definition) is 2. The highest BCUT2D eigenvalue weighted by Crippen LogP contribution is 2.46. The molecule has 2 aromatic carbocycles. The Labute approximate surface area is 190 Å². The van der Waals surface area contributed by atoms with Crippen LogP contribution in [0.5, 0.6) is 17.2 Å². The molecule has 0 radical (unpaired) electrons. The number of anilines is 1. The third kappa shape index (κ3) is 3.80. The average Bonchev–Trinajstić information content (AvgIpc) is 3.43. The van der Waals surface area contributed by atoms with E-state index >= 15 is 0 Å². The molecule has 1 atom stereocenters. The molecule has 0 saturated carbocycles. The van der Waals surface area contributed by atoms with Gasteiger partial charge in [0.05, 0.1) is 37.3 Å². The van der Waals surface area contributed by atoms with Gasteiger partial charge in [-0.15, -0.1) is 0 Å². The van der Waals surface area contributed by atoms with Crippen LogP contribution in [0.2, 0.25) is 0 Å². The van der Waals surface area contributed by atoms with Crippen molar-refractivity contribution in [1.29, 1.82) is 0 Å². The molecule has 8 heteroatoms. The van der Waals surface area contributed by atoms with Crippen molar-refractivity contribution in [2.75, 3.05) is 18.6 Å². The Hall–Kier alpha value is -4.20. The number of phenols is 1. The summed E-state index contributed by atoms with van der Waals surface area (Å²) in [5.41, 5.74) is 1.26. The number of amides is 1. The highest BCUT2D eigenvalue weighted by molar-refractivity contribution is 6.20. The zero-order chi connectivity index (χ0) is 23.7. The van der Waals surface area contributed by atoms with Gasteiger partial charge in [0, 0.05) is 0 Å². The third-order valence-electron chi connectivity index (χ3n) is 5.39. The topological polar surface area (TPSA) is 109 Å². The molecule has 1 amide bonds. The van der Waals surface area contributed by atoms with Gasteiger partial charge in [0.1, 0.15) is 5.75 Å². The van der Waals surface area contributed by atoms with Crippen LogP contribution in [0.1, 0.15) is 34.6 Å².